The molecule has 0 bridgehead atoms. The van der Waals surface area contributed by atoms with Crippen molar-refractivity contribution in [1.82, 2.24) is 0 Å². The maximum atomic E-state index is 13.8. The summed E-state index contributed by atoms with van der Waals surface area (Å²) in [6.45, 7) is 2.06. The largest absolute Gasteiger partial charge is 0.461 e. The van der Waals surface area contributed by atoms with E-state index in [1.807, 2.05) is 67.6 Å². The van der Waals surface area contributed by atoms with E-state index in [-0.39, 0.29) is 17.9 Å². The van der Waals surface area contributed by atoms with Gasteiger partial charge in [-0.05, 0) is 41.6 Å². The predicted molar refractivity (Wildman–Crippen MR) is 128 cm³/mol. The molecule has 0 saturated carbocycles. The van der Waals surface area contributed by atoms with E-state index in [1.165, 1.54) is 4.31 Å². The second-order valence-electron chi connectivity index (χ2n) is 8.20. The molecule has 4 aromatic rings. The van der Waals surface area contributed by atoms with E-state index in [1.54, 1.807) is 30.3 Å². The lowest BCUT2D eigenvalue weighted by Gasteiger charge is -2.27. The Bertz CT molecular complexity index is 1430. The lowest BCUT2D eigenvalue weighted by molar-refractivity contribution is -0.145. The van der Waals surface area contributed by atoms with Gasteiger partial charge in [0.05, 0.1) is 23.0 Å². The Hall–Kier alpha value is -3.64. The van der Waals surface area contributed by atoms with Crippen molar-refractivity contribution in [2.45, 2.75) is 30.9 Å². The van der Waals surface area contributed by atoms with Gasteiger partial charge in [0.25, 0.3) is 10.0 Å². The molecule has 0 aliphatic carbocycles. The first kappa shape index (κ1) is 21.2. The fourth-order valence-electron chi connectivity index (χ4n) is 4.37. The molecule has 0 unspecified atom stereocenters. The summed E-state index contributed by atoms with van der Waals surface area (Å²) in [5.41, 5.74) is 3.26. The lowest BCUT2D eigenvalue weighted by atomic mass is 10.0. The van der Waals surface area contributed by atoms with Gasteiger partial charge in [-0.2, -0.15) is 0 Å². The fourth-order valence-corrected chi connectivity index (χ4v) is 6.02. The molecule has 0 fully saturated rings. The van der Waals surface area contributed by atoms with Crippen LogP contribution in [-0.2, 0) is 26.2 Å². The molecule has 1 atom stereocenters. The molecular formula is C27H23NO4S. The maximum absolute atomic E-state index is 13.8. The molecule has 33 heavy (non-hydrogen) atoms. The molecule has 1 aliphatic rings. The summed E-state index contributed by atoms with van der Waals surface area (Å²) >= 11 is 0. The van der Waals surface area contributed by atoms with E-state index in [0.29, 0.717) is 5.69 Å². The number of hydrogen-bond acceptors (Lipinski definition) is 4. The third-order valence-electron chi connectivity index (χ3n) is 5.97. The van der Waals surface area contributed by atoms with Crippen molar-refractivity contribution in [2.75, 3.05) is 4.31 Å². The summed E-state index contributed by atoms with van der Waals surface area (Å²) in [7, 11) is -3.91. The number of nitrogens with zero attached hydrogens (tertiary/aromatic N) is 1. The van der Waals surface area contributed by atoms with Crippen LogP contribution in [0.15, 0.2) is 95.9 Å². The zero-order chi connectivity index (χ0) is 23.0. The Morgan fingerprint density at radius 1 is 0.879 bits per heavy atom. The molecule has 5 nitrogen and oxygen atoms in total. The monoisotopic (exact) mass is 457 g/mol. The van der Waals surface area contributed by atoms with E-state index < -0.39 is 22.0 Å². The van der Waals surface area contributed by atoms with Crippen LogP contribution >= 0.6 is 0 Å². The Morgan fingerprint density at radius 2 is 1.58 bits per heavy atom. The molecule has 1 heterocycles. The first-order chi connectivity index (χ1) is 15.9. The van der Waals surface area contributed by atoms with Gasteiger partial charge in [0.2, 0.25) is 0 Å². The molecule has 0 saturated heterocycles. The lowest BCUT2D eigenvalue weighted by Crippen LogP contribution is -2.33. The molecule has 0 amide bonds. The normalized spacial score (nSPS) is 15.1. The van der Waals surface area contributed by atoms with Gasteiger partial charge >= 0.3 is 5.97 Å². The number of hydrogen-bond donors (Lipinski definition) is 0. The van der Waals surface area contributed by atoms with Crippen LogP contribution < -0.4 is 4.31 Å². The van der Waals surface area contributed by atoms with E-state index in [2.05, 4.69) is 0 Å². The minimum absolute atomic E-state index is 0.0777. The van der Waals surface area contributed by atoms with Gasteiger partial charge in [0.1, 0.15) is 6.61 Å². The minimum Gasteiger partial charge on any atom is -0.461 e. The van der Waals surface area contributed by atoms with Crippen LogP contribution in [0.5, 0.6) is 0 Å². The highest BCUT2D eigenvalue weighted by Crippen LogP contribution is 2.48. The third-order valence-corrected chi connectivity index (χ3v) is 7.81. The zero-order valence-electron chi connectivity index (χ0n) is 18.1. The molecule has 166 valence electrons. The van der Waals surface area contributed by atoms with Crippen molar-refractivity contribution in [2.24, 2.45) is 0 Å². The van der Waals surface area contributed by atoms with Crippen LogP contribution in [0.3, 0.4) is 0 Å². The summed E-state index contributed by atoms with van der Waals surface area (Å²) in [6.07, 6.45) is -0.0777. The topological polar surface area (TPSA) is 63.7 Å². The van der Waals surface area contributed by atoms with Gasteiger partial charge in [0, 0.05) is 5.39 Å². The standard InChI is InChI=1S/C27H23NO4S/c1-19-13-15-22(16-14-19)33(30,31)28-24-12-6-10-21-9-5-11-23(27(21)24)25(28)17-26(29)32-18-20-7-3-2-4-8-20/h2-16,25H,17-18H2,1H3/t25-/m1/s1. The summed E-state index contributed by atoms with van der Waals surface area (Å²) in [5, 5.41) is 1.80. The van der Waals surface area contributed by atoms with Crippen molar-refractivity contribution in [3.05, 3.63) is 108 Å². The first-order valence-electron chi connectivity index (χ1n) is 10.8. The van der Waals surface area contributed by atoms with Crippen molar-refractivity contribution >= 4 is 32.5 Å². The van der Waals surface area contributed by atoms with E-state index in [4.69, 9.17) is 4.74 Å². The van der Waals surface area contributed by atoms with Crippen molar-refractivity contribution in [1.29, 1.82) is 0 Å². The maximum Gasteiger partial charge on any atom is 0.308 e. The van der Waals surface area contributed by atoms with Gasteiger partial charge in [-0.3, -0.25) is 9.10 Å². The van der Waals surface area contributed by atoms with Crippen LogP contribution in [0.2, 0.25) is 0 Å². The molecule has 6 heteroatoms. The van der Waals surface area contributed by atoms with Crippen LogP contribution in [0.25, 0.3) is 10.8 Å². The Balaban J connectivity index is 1.52. The van der Waals surface area contributed by atoms with Crippen LogP contribution in [0.1, 0.15) is 29.2 Å². The van der Waals surface area contributed by atoms with Crippen LogP contribution in [-0.4, -0.2) is 14.4 Å². The molecular weight excluding hydrogens is 434 g/mol. The van der Waals surface area contributed by atoms with Crippen LogP contribution in [0.4, 0.5) is 5.69 Å². The Kier molecular flexibility index (Phi) is 5.38. The highest BCUT2D eigenvalue weighted by Gasteiger charge is 2.41. The van der Waals surface area contributed by atoms with Gasteiger partial charge in [-0.15, -0.1) is 0 Å². The highest BCUT2D eigenvalue weighted by atomic mass is 32.2. The number of benzene rings is 4. The number of ether oxygens (including phenoxy) is 1. The molecule has 0 radical (unpaired) electrons. The number of carbonyl (C=O) groups excluding carboxylic acids is 1. The van der Waals surface area contributed by atoms with Crippen LogP contribution in [0, 0.1) is 6.92 Å². The quantitative estimate of drug-likeness (QED) is 0.357. The molecule has 1 aliphatic heterocycles. The van der Waals surface area contributed by atoms with Gasteiger partial charge in [-0.25, -0.2) is 8.42 Å². The van der Waals surface area contributed by atoms with Crippen molar-refractivity contribution < 1.29 is 17.9 Å². The van der Waals surface area contributed by atoms with Gasteiger partial charge < -0.3 is 4.74 Å². The molecule has 0 N–H and O–H groups in total. The third kappa shape index (κ3) is 3.87. The van der Waals surface area contributed by atoms with Crippen molar-refractivity contribution in [3.63, 3.8) is 0 Å². The summed E-state index contributed by atoms with van der Waals surface area (Å²) in [6, 6.07) is 26.9. The highest BCUT2D eigenvalue weighted by molar-refractivity contribution is 7.92. The summed E-state index contributed by atoms with van der Waals surface area (Å²) in [5.74, 6) is -0.447. The molecule has 0 aromatic heterocycles. The zero-order valence-corrected chi connectivity index (χ0v) is 19.0. The number of sulfonamides is 1. The number of aryl methyl sites for hydroxylation is 1. The summed E-state index contributed by atoms with van der Waals surface area (Å²) in [4.78, 5) is 13.0. The molecule has 0 spiro atoms. The minimum atomic E-state index is -3.91. The fraction of sp³-hybridized carbons (Fsp3) is 0.148. The number of esters is 1. The van der Waals surface area contributed by atoms with Crippen molar-refractivity contribution in [3.8, 4) is 0 Å². The van der Waals surface area contributed by atoms with Gasteiger partial charge in [-0.1, -0.05) is 78.4 Å². The Morgan fingerprint density at radius 3 is 2.30 bits per heavy atom. The average Bonchev–Trinajstić information content (AvgIpc) is 3.14. The summed E-state index contributed by atoms with van der Waals surface area (Å²) < 4.78 is 34.5. The number of carbonyl (C=O) groups is 1. The van der Waals surface area contributed by atoms with E-state index in [9.17, 15) is 13.2 Å². The second kappa shape index (κ2) is 8.37. The number of rotatable bonds is 6. The predicted octanol–water partition coefficient (Wildman–Crippen LogP) is 5.53. The van der Waals surface area contributed by atoms with Gasteiger partial charge in [0.15, 0.2) is 0 Å². The molecule has 4 aromatic carbocycles. The SMILES string of the molecule is Cc1ccc(S(=O)(=O)N2c3cccc4cccc(c34)[C@H]2CC(=O)OCc2ccccc2)cc1. The smallest absolute Gasteiger partial charge is 0.308 e. The van der Waals surface area contributed by atoms with E-state index >= 15 is 0 Å². The second-order valence-corrected chi connectivity index (χ2v) is 10.0. The number of anilines is 1. The first-order valence-corrected chi connectivity index (χ1v) is 12.2. The Labute approximate surface area is 193 Å². The molecule has 5 rings (SSSR count). The average molecular weight is 458 g/mol. The van der Waals surface area contributed by atoms with E-state index in [0.717, 1.165) is 27.5 Å².